The standard InChI is InChI=1S/C22H24ClN3O/c1-27-20-6-2-4-16(12-20)14-26-11-3-5-18(15-26)22-21(13-24-25-22)17-7-9-19(23)10-8-17/h2,4,6-10,12-13,18H,3,5,11,14-15H2,1H3,(H,24,25). The fourth-order valence-corrected chi connectivity index (χ4v) is 4.06. The Kier molecular flexibility index (Phi) is 5.46. The number of likely N-dealkylation sites (tertiary alicyclic amines) is 1. The van der Waals surface area contributed by atoms with Crippen LogP contribution in [0.5, 0.6) is 5.75 Å². The predicted octanol–water partition coefficient (Wildman–Crippen LogP) is 5.12. The van der Waals surface area contributed by atoms with Gasteiger partial charge in [-0.05, 0) is 54.8 Å². The smallest absolute Gasteiger partial charge is 0.119 e. The Morgan fingerprint density at radius 1 is 1.22 bits per heavy atom. The van der Waals surface area contributed by atoms with Crippen molar-refractivity contribution in [2.24, 2.45) is 0 Å². The van der Waals surface area contributed by atoms with Crippen molar-refractivity contribution in [3.05, 3.63) is 71.0 Å². The second kappa shape index (κ2) is 8.15. The molecule has 0 aliphatic carbocycles. The number of H-pyrrole nitrogens is 1. The molecule has 0 bridgehead atoms. The van der Waals surface area contributed by atoms with E-state index in [1.807, 2.05) is 24.4 Å². The SMILES string of the molecule is COc1cccc(CN2CCCC(c3[nH]ncc3-c3ccc(Cl)cc3)C2)c1. The molecule has 2 heterocycles. The van der Waals surface area contributed by atoms with Crippen molar-refractivity contribution >= 4 is 11.6 Å². The maximum Gasteiger partial charge on any atom is 0.119 e. The Labute approximate surface area is 165 Å². The van der Waals surface area contributed by atoms with Gasteiger partial charge in [0.15, 0.2) is 0 Å². The number of hydrogen-bond donors (Lipinski definition) is 1. The van der Waals surface area contributed by atoms with Gasteiger partial charge in [0, 0.05) is 35.3 Å². The third-order valence-electron chi connectivity index (χ3n) is 5.28. The van der Waals surface area contributed by atoms with Gasteiger partial charge in [0.05, 0.1) is 13.3 Å². The van der Waals surface area contributed by atoms with Crippen LogP contribution in [0.2, 0.25) is 5.02 Å². The van der Waals surface area contributed by atoms with Gasteiger partial charge in [0.2, 0.25) is 0 Å². The van der Waals surface area contributed by atoms with Gasteiger partial charge in [-0.15, -0.1) is 0 Å². The van der Waals surface area contributed by atoms with E-state index in [0.29, 0.717) is 5.92 Å². The highest BCUT2D eigenvalue weighted by Crippen LogP contribution is 2.34. The number of piperidine rings is 1. The number of aromatic nitrogens is 2. The van der Waals surface area contributed by atoms with Crippen molar-refractivity contribution in [1.82, 2.24) is 15.1 Å². The van der Waals surface area contributed by atoms with Crippen LogP contribution >= 0.6 is 11.6 Å². The lowest BCUT2D eigenvalue weighted by Crippen LogP contribution is -2.34. The Morgan fingerprint density at radius 2 is 2.07 bits per heavy atom. The van der Waals surface area contributed by atoms with Crippen LogP contribution in [0.3, 0.4) is 0 Å². The molecule has 2 aromatic carbocycles. The summed E-state index contributed by atoms with van der Waals surface area (Å²) in [7, 11) is 1.71. The molecule has 0 saturated carbocycles. The highest BCUT2D eigenvalue weighted by atomic mass is 35.5. The van der Waals surface area contributed by atoms with Crippen molar-refractivity contribution in [3.63, 3.8) is 0 Å². The van der Waals surface area contributed by atoms with Crippen LogP contribution < -0.4 is 4.74 Å². The minimum absolute atomic E-state index is 0.456. The number of nitrogens with zero attached hydrogens (tertiary/aromatic N) is 2. The molecule has 1 fully saturated rings. The lowest BCUT2D eigenvalue weighted by atomic mass is 9.90. The molecule has 1 unspecified atom stereocenters. The molecule has 1 atom stereocenters. The summed E-state index contributed by atoms with van der Waals surface area (Å²) in [5.41, 5.74) is 4.86. The van der Waals surface area contributed by atoms with E-state index in [1.54, 1.807) is 7.11 Å². The van der Waals surface area contributed by atoms with Gasteiger partial charge in [0.1, 0.15) is 5.75 Å². The van der Waals surface area contributed by atoms with E-state index >= 15 is 0 Å². The number of methoxy groups -OCH3 is 1. The molecular weight excluding hydrogens is 358 g/mol. The van der Waals surface area contributed by atoms with Gasteiger partial charge >= 0.3 is 0 Å². The summed E-state index contributed by atoms with van der Waals surface area (Å²) in [6.45, 7) is 3.09. The first-order valence-electron chi connectivity index (χ1n) is 9.37. The Bertz CT molecular complexity index is 891. The zero-order valence-electron chi connectivity index (χ0n) is 15.5. The third-order valence-corrected chi connectivity index (χ3v) is 5.53. The monoisotopic (exact) mass is 381 g/mol. The number of rotatable bonds is 5. The lowest BCUT2D eigenvalue weighted by molar-refractivity contribution is 0.198. The largest absolute Gasteiger partial charge is 0.497 e. The van der Waals surface area contributed by atoms with Gasteiger partial charge in [-0.25, -0.2) is 0 Å². The molecule has 0 amide bonds. The van der Waals surface area contributed by atoms with Crippen LogP contribution in [0.1, 0.15) is 30.0 Å². The van der Waals surface area contributed by atoms with Gasteiger partial charge in [-0.1, -0.05) is 35.9 Å². The molecule has 5 heteroatoms. The maximum absolute atomic E-state index is 6.04. The Morgan fingerprint density at radius 3 is 2.89 bits per heavy atom. The molecule has 4 nitrogen and oxygen atoms in total. The predicted molar refractivity (Wildman–Crippen MR) is 109 cm³/mol. The van der Waals surface area contributed by atoms with Crippen molar-refractivity contribution < 1.29 is 4.74 Å². The number of hydrogen-bond acceptors (Lipinski definition) is 3. The van der Waals surface area contributed by atoms with Crippen molar-refractivity contribution in [1.29, 1.82) is 0 Å². The van der Waals surface area contributed by atoms with Gasteiger partial charge in [-0.2, -0.15) is 5.10 Å². The van der Waals surface area contributed by atoms with E-state index in [0.717, 1.165) is 36.0 Å². The Balaban J connectivity index is 1.50. The first-order valence-corrected chi connectivity index (χ1v) is 9.75. The third kappa shape index (κ3) is 4.18. The van der Waals surface area contributed by atoms with Crippen LogP contribution in [0.25, 0.3) is 11.1 Å². The summed E-state index contributed by atoms with van der Waals surface area (Å²) in [6.07, 6.45) is 4.30. The minimum Gasteiger partial charge on any atom is -0.497 e. The lowest BCUT2D eigenvalue weighted by Gasteiger charge is -2.32. The van der Waals surface area contributed by atoms with Crippen LogP contribution in [0, 0.1) is 0 Å². The van der Waals surface area contributed by atoms with E-state index < -0.39 is 0 Å². The first kappa shape index (κ1) is 18.1. The number of halogens is 1. The number of ether oxygens (including phenoxy) is 1. The topological polar surface area (TPSA) is 41.1 Å². The summed E-state index contributed by atoms with van der Waals surface area (Å²) in [4.78, 5) is 2.52. The molecule has 1 aliphatic rings. The maximum atomic E-state index is 6.04. The average molecular weight is 382 g/mol. The van der Waals surface area contributed by atoms with Crippen molar-refractivity contribution in [2.45, 2.75) is 25.3 Å². The van der Waals surface area contributed by atoms with E-state index in [9.17, 15) is 0 Å². The van der Waals surface area contributed by atoms with Gasteiger partial charge in [-0.3, -0.25) is 10.00 Å². The minimum atomic E-state index is 0.456. The summed E-state index contributed by atoms with van der Waals surface area (Å²) in [5.74, 6) is 1.37. The summed E-state index contributed by atoms with van der Waals surface area (Å²) < 4.78 is 5.36. The fourth-order valence-electron chi connectivity index (χ4n) is 3.93. The molecule has 1 aromatic heterocycles. The number of benzene rings is 2. The van der Waals surface area contributed by atoms with Gasteiger partial charge < -0.3 is 4.74 Å². The fraction of sp³-hybridized carbons (Fsp3) is 0.318. The molecule has 3 aromatic rings. The zero-order chi connectivity index (χ0) is 18.6. The summed E-state index contributed by atoms with van der Waals surface area (Å²) in [6, 6.07) is 16.3. The average Bonchev–Trinajstić information content (AvgIpc) is 3.19. The number of aromatic amines is 1. The van der Waals surface area contributed by atoms with E-state index in [-0.39, 0.29) is 0 Å². The molecule has 4 rings (SSSR count). The molecule has 27 heavy (non-hydrogen) atoms. The Hall–Kier alpha value is -2.30. The summed E-state index contributed by atoms with van der Waals surface area (Å²) in [5, 5.41) is 8.35. The van der Waals surface area contributed by atoms with E-state index in [1.165, 1.54) is 29.7 Å². The molecule has 1 aliphatic heterocycles. The van der Waals surface area contributed by atoms with Crippen LogP contribution in [-0.2, 0) is 6.54 Å². The summed E-state index contributed by atoms with van der Waals surface area (Å²) >= 11 is 6.04. The van der Waals surface area contributed by atoms with Crippen LogP contribution in [-0.4, -0.2) is 35.3 Å². The highest BCUT2D eigenvalue weighted by Gasteiger charge is 2.25. The normalized spacial score (nSPS) is 17.8. The second-order valence-electron chi connectivity index (χ2n) is 7.13. The van der Waals surface area contributed by atoms with E-state index in [4.69, 9.17) is 16.3 Å². The second-order valence-corrected chi connectivity index (χ2v) is 7.57. The zero-order valence-corrected chi connectivity index (χ0v) is 16.2. The molecule has 0 radical (unpaired) electrons. The molecule has 1 N–H and O–H groups in total. The molecule has 140 valence electrons. The van der Waals surface area contributed by atoms with Crippen molar-refractivity contribution in [2.75, 3.05) is 20.2 Å². The molecular formula is C22H24ClN3O. The quantitative estimate of drug-likeness (QED) is 0.667. The van der Waals surface area contributed by atoms with E-state index in [2.05, 4.69) is 45.4 Å². The number of nitrogens with one attached hydrogen (secondary N) is 1. The highest BCUT2D eigenvalue weighted by molar-refractivity contribution is 6.30. The van der Waals surface area contributed by atoms with Crippen LogP contribution in [0.4, 0.5) is 0 Å². The van der Waals surface area contributed by atoms with Crippen LogP contribution in [0.15, 0.2) is 54.7 Å². The van der Waals surface area contributed by atoms with Gasteiger partial charge in [0.25, 0.3) is 0 Å². The van der Waals surface area contributed by atoms with Crippen molar-refractivity contribution in [3.8, 4) is 16.9 Å². The molecule has 0 spiro atoms. The first-order chi connectivity index (χ1) is 13.2. The molecule has 1 saturated heterocycles.